The molecule has 6 heteroatoms. The predicted octanol–water partition coefficient (Wildman–Crippen LogP) is 5.86. The number of aromatic nitrogens is 1. The van der Waals surface area contributed by atoms with Gasteiger partial charge >= 0.3 is 0 Å². The molecule has 0 spiro atoms. The predicted molar refractivity (Wildman–Crippen MR) is 126 cm³/mol. The number of amides is 2. The Balaban J connectivity index is 2.49. The number of carbonyl (C=O) groups is 2. The van der Waals surface area contributed by atoms with Crippen LogP contribution in [0.5, 0.6) is 0 Å². The highest BCUT2D eigenvalue weighted by atomic mass is 35.5. The Kier molecular flexibility index (Phi) is 8.63. The average molecular weight is 444 g/mol. The zero-order valence-electron chi connectivity index (χ0n) is 19.5. The molecule has 0 bridgehead atoms. The van der Waals surface area contributed by atoms with Crippen LogP contribution < -0.4 is 5.43 Å². The van der Waals surface area contributed by atoms with E-state index in [1.807, 2.05) is 12.1 Å². The summed E-state index contributed by atoms with van der Waals surface area (Å²) in [6.45, 7) is 12.5. The van der Waals surface area contributed by atoms with Crippen molar-refractivity contribution in [1.29, 1.82) is 0 Å². The molecule has 1 N–H and O–H groups in total. The first-order chi connectivity index (χ1) is 14.6. The van der Waals surface area contributed by atoms with E-state index < -0.39 is 0 Å². The first kappa shape index (κ1) is 24.9. The third kappa shape index (κ3) is 6.54. The fourth-order valence-corrected chi connectivity index (χ4v) is 3.72. The summed E-state index contributed by atoms with van der Waals surface area (Å²) in [6.07, 6.45) is 4.75. The molecule has 2 aromatic rings. The van der Waals surface area contributed by atoms with E-state index in [0.717, 1.165) is 36.8 Å². The normalized spacial score (nSPS) is 12.4. The number of benzene rings is 1. The number of hydrazine groups is 1. The van der Waals surface area contributed by atoms with Gasteiger partial charge in [0, 0.05) is 11.8 Å². The van der Waals surface area contributed by atoms with Crippen LogP contribution in [0.2, 0.25) is 5.15 Å². The van der Waals surface area contributed by atoms with Crippen LogP contribution in [0.25, 0.3) is 0 Å². The van der Waals surface area contributed by atoms with Gasteiger partial charge in [0.05, 0.1) is 11.6 Å². The van der Waals surface area contributed by atoms with Crippen LogP contribution in [0.4, 0.5) is 0 Å². The molecule has 2 rings (SSSR count). The number of carbonyl (C=O) groups excluding carboxylic acids is 2. The molecule has 0 aliphatic rings. The van der Waals surface area contributed by atoms with Gasteiger partial charge in [0.1, 0.15) is 5.15 Å². The van der Waals surface area contributed by atoms with Crippen LogP contribution in [-0.4, -0.2) is 27.8 Å². The van der Waals surface area contributed by atoms with Crippen molar-refractivity contribution in [2.75, 3.05) is 0 Å². The maximum Gasteiger partial charge on any atom is 0.272 e. The van der Waals surface area contributed by atoms with Crippen LogP contribution in [0.3, 0.4) is 0 Å². The van der Waals surface area contributed by atoms with Gasteiger partial charge in [0.25, 0.3) is 11.8 Å². The smallest absolute Gasteiger partial charge is 0.267 e. The highest BCUT2D eigenvalue weighted by Crippen LogP contribution is 2.29. The highest BCUT2D eigenvalue weighted by Gasteiger charge is 2.35. The quantitative estimate of drug-likeness (QED) is 0.430. The topological polar surface area (TPSA) is 62.3 Å². The molecule has 1 atom stereocenters. The molecule has 0 aliphatic heterocycles. The van der Waals surface area contributed by atoms with Crippen molar-refractivity contribution in [1.82, 2.24) is 15.4 Å². The van der Waals surface area contributed by atoms with E-state index in [9.17, 15) is 9.59 Å². The molecule has 1 aromatic heterocycles. The molecule has 31 heavy (non-hydrogen) atoms. The third-order valence-electron chi connectivity index (χ3n) is 5.42. The summed E-state index contributed by atoms with van der Waals surface area (Å²) >= 11 is 5.85. The van der Waals surface area contributed by atoms with Gasteiger partial charge < -0.3 is 0 Å². The lowest BCUT2D eigenvalue weighted by atomic mass is 9.83. The monoisotopic (exact) mass is 443 g/mol. The minimum absolute atomic E-state index is 0.176. The molecular formula is C25H34ClN3O2. The molecule has 2 amide bonds. The number of nitrogens with one attached hydrogen (secondary N) is 1. The van der Waals surface area contributed by atoms with Crippen LogP contribution >= 0.6 is 11.6 Å². The molecule has 0 saturated heterocycles. The van der Waals surface area contributed by atoms with Crippen molar-refractivity contribution in [3.05, 3.63) is 63.9 Å². The molecule has 0 fully saturated rings. The van der Waals surface area contributed by atoms with Gasteiger partial charge in [-0.25, -0.2) is 9.99 Å². The molecule has 0 radical (unpaired) electrons. The molecule has 1 aromatic carbocycles. The van der Waals surface area contributed by atoms with Crippen molar-refractivity contribution < 1.29 is 9.59 Å². The van der Waals surface area contributed by atoms with Crippen molar-refractivity contribution in [3.8, 4) is 0 Å². The average Bonchev–Trinajstić information content (AvgIpc) is 2.74. The largest absolute Gasteiger partial charge is 0.272 e. The third-order valence-corrected chi connectivity index (χ3v) is 5.64. The lowest BCUT2D eigenvalue weighted by Gasteiger charge is -2.40. The number of hydrogen-bond acceptors (Lipinski definition) is 3. The first-order valence-corrected chi connectivity index (χ1v) is 11.4. The SMILES string of the molecule is CCC[C@@H](N(NC(=O)c1ccc(Cl)nc1)C(=O)c1cc(CC)cc(CC)c1)C(C)(C)C. The number of hydrogen-bond donors (Lipinski definition) is 1. The highest BCUT2D eigenvalue weighted by molar-refractivity contribution is 6.29. The Bertz CT molecular complexity index is 882. The van der Waals surface area contributed by atoms with E-state index in [-0.39, 0.29) is 23.3 Å². The van der Waals surface area contributed by atoms with E-state index in [0.29, 0.717) is 16.3 Å². The minimum Gasteiger partial charge on any atom is -0.267 e. The number of pyridine rings is 1. The molecule has 5 nitrogen and oxygen atoms in total. The molecule has 0 aliphatic carbocycles. The fraction of sp³-hybridized carbons (Fsp3) is 0.480. The van der Waals surface area contributed by atoms with E-state index in [1.165, 1.54) is 11.2 Å². The maximum absolute atomic E-state index is 13.7. The van der Waals surface area contributed by atoms with E-state index in [1.54, 1.807) is 12.1 Å². The molecular weight excluding hydrogens is 410 g/mol. The van der Waals surface area contributed by atoms with Crippen molar-refractivity contribution in [2.24, 2.45) is 5.41 Å². The molecule has 0 unspecified atom stereocenters. The summed E-state index contributed by atoms with van der Waals surface area (Å²) in [5.41, 5.74) is 5.81. The van der Waals surface area contributed by atoms with Crippen molar-refractivity contribution in [3.63, 3.8) is 0 Å². The van der Waals surface area contributed by atoms with Crippen LogP contribution in [0.1, 0.15) is 86.2 Å². The molecule has 0 saturated carbocycles. The van der Waals surface area contributed by atoms with Gasteiger partial charge in [-0.3, -0.25) is 15.0 Å². The number of aryl methyl sites for hydroxylation is 2. The van der Waals surface area contributed by atoms with Crippen LogP contribution in [0.15, 0.2) is 36.5 Å². The standard InChI is InChI=1S/C25H34ClN3O2/c1-7-10-21(25(4,5)6)29(28-23(30)19-11-12-22(26)27-16-19)24(31)20-14-17(8-2)13-18(9-3)15-20/h11-16,21H,7-10H2,1-6H3,(H,28,30)/t21-/m1/s1. The van der Waals surface area contributed by atoms with Gasteiger partial charge in [-0.1, -0.05) is 65.6 Å². The molecule has 168 valence electrons. The van der Waals surface area contributed by atoms with Crippen molar-refractivity contribution in [2.45, 2.75) is 73.3 Å². The Hall–Kier alpha value is -2.40. The zero-order chi connectivity index (χ0) is 23.2. The Morgan fingerprint density at radius 1 is 1.03 bits per heavy atom. The Labute approximate surface area is 191 Å². The van der Waals surface area contributed by atoms with Gasteiger partial charge in [0.2, 0.25) is 0 Å². The lowest BCUT2D eigenvalue weighted by Crippen LogP contribution is -2.56. The Morgan fingerprint density at radius 3 is 2.10 bits per heavy atom. The molecule has 1 heterocycles. The van der Waals surface area contributed by atoms with Crippen molar-refractivity contribution >= 4 is 23.4 Å². The summed E-state index contributed by atoms with van der Waals surface area (Å²) in [4.78, 5) is 30.7. The van der Waals surface area contributed by atoms with Crippen LogP contribution in [0, 0.1) is 5.41 Å². The summed E-state index contributed by atoms with van der Waals surface area (Å²) in [5, 5.41) is 1.83. The van der Waals surface area contributed by atoms with Gasteiger partial charge in [0.15, 0.2) is 0 Å². The summed E-state index contributed by atoms with van der Waals surface area (Å²) in [6, 6.07) is 8.98. The summed E-state index contributed by atoms with van der Waals surface area (Å²) < 4.78 is 0. The van der Waals surface area contributed by atoms with E-state index in [2.05, 4.69) is 58.0 Å². The Morgan fingerprint density at radius 2 is 1.65 bits per heavy atom. The van der Waals surface area contributed by atoms with Gasteiger partial charge in [-0.05, 0) is 60.1 Å². The zero-order valence-corrected chi connectivity index (χ0v) is 20.2. The fourth-order valence-electron chi connectivity index (χ4n) is 3.61. The van der Waals surface area contributed by atoms with E-state index >= 15 is 0 Å². The number of nitrogens with zero attached hydrogens (tertiary/aromatic N) is 2. The number of rotatable bonds is 7. The number of halogens is 1. The van der Waals surface area contributed by atoms with Gasteiger partial charge in [-0.2, -0.15) is 0 Å². The second-order valence-electron chi connectivity index (χ2n) is 8.90. The van der Waals surface area contributed by atoms with Gasteiger partial charge in [-0.15, -0.1) is 0 Å². The second kappa shape index (κ2) is 10.8. The van der Waals surface area contributed by atoms with E-state index in [4.69, 9.17) is 11.6 Å². The van der Waals surface area contributed by atoms with Crippen LogP contribution in [-0.2, 0) is 12.8 Å². The summed E-state index contributed by atoms with van der Waals surface area (Å²) in [7, 11) is 0. The first-order valence-electron chi connectivity index (χ1n) is 11.0. The minimum atomic E-state index is -0.384. The summed E-state index contributed by atoms with van der Waals surface area (Å²) in [5.74, 6) is -0.584. The maximum atomic E-state index is 13.7. The second-order valence-corrected chi connectivity index (χ2v) is 9.29. The lowest BCUT2D eigenvalue weighted by molar-refractivity contribution is 0.0271.